The molecule has 3 heteroatoms. The van der Waals surface area contributed by atoms with Crippen molar-refractivity contribution in [1.29, 1.82) is 0 Å². The van der Waals surface area contributed by atoms with Crippen molar-refractivity contribution in [2.24, 2.45) is 0 Å². The Labute approximate surface area is 215 Å². The van der Waals surface area contributed by atoms with E-state index in [0.717, 1.165) is 5.75 Å². The van der Waals surface area contributed by atoms with E-state index in [1.165, 1.54) is 73.0 Å². The van der Waals surface area contributed by atoms with E-state index in [1.807, 2.05) is 22.7 Å². The minimum Gasteiger partial charge on any atom is -0.497 e. The lowest BCUT2D eigenvalue weighted by atomic mass is 9.91. The maximum atomic E-state index is 5.43. The Kier molecular flexibility index (Phi) is 4.25. The van der Waals surface area contributed by atoms with Gasteiger partial charge < -0.3 is 4.74 Å². The first-order chi connectivity index (χ1) is 17.8. The van der Waals surface area contributed by atoms with Crippen LogP contribution in [0.4, 0.5) is 0 Å². The van der Waals surface area contributed by atoms with Crippen LogP contribution in [-0.4, -0.2) is 7.11 Å². The third-order valence-corrected chi connectivity index (χ3v) is 9.69. The quantitative estimate of drug-likeness (QED) is 0.216. The standard InChI is InChI=1S/C33H20OS2/c1-34-21-12-10-19(11-13-21)26-16-20-17-31-28(23-7-3-4-8-29(23)35-31)18-27(20)32-24(26)14-15-25-22-6-2-5-9-30(22)36-33(25)32/h2-18H,1H3. The highest BCUT2D eigenvalue weighted by Gasteiger charge is 2.16. The molecule has 0 unspecified atom stereocenters. The molecule has 0 saturated heterocycles. The maximum absolute atomic E-state index is 5.43. The van der Waals surface area contributed by atoms with Gasteiger partial charge in [0.05, 0.1) is 7.11 Å². The van der Waals surface area contributed by atoms with Gasteiger partial charge in [-0.1, -0.05) is 60.7 Å². The molecule has 0 aliphatic heterocycles. The molecule has 0 atom stereocenters. The lowest BCUT2D eigenvalue weighted by Crippen LogP contribution is -1.87. The average Bonchev–Trinajstić information content (AvgIpc) is 3.49. The maximum Gasteiger partial charge on any atom is 0.118 e. The summed E-state index contributed by atoms with van der Waals surface area (Å²) >= 11 is 3.79. The van der Waals surface area contributed by atoms with E-state index >= 15 is 0 Å². The van der Waals surface area contributed by atoms with Crippen molar-refractivity contribution in [2.75, 3.05) is 7.11 Å². The van der Waals surface area contributed by atoms with Crippen molar-refractivity contribution < 1.29 is 4.74 Å². The van der Waals surface area contributed by atoms with Crippen molar-refractivity contribution in [3.63, 3.8) is 0 Å². The van der Waals surface area contributed by atoms with Gasteiger partial charge in [0.1, 0.15) is 5.75 Å². The summed E-state index contributed by atoms with van der Waals surface area (Å²) in [6.45, 7) is 0. The molecular weight excluding hydrogens is 476 g/mol. The Morgan fingerprint density at radius 2 is 1.22 bits per heavy atom. The highest BCUT2D eigenvalue weighted by molar-refractivity contribution is 7.27. The zero-order chi connectivity index (χ0) is 23.8. The molecule has 0 N–H and O–H groups in total. The molecule has 1 nitrogen and oxygen atoms in total. The number of methoxy groups -OCH3 is 1. The van der Waals surface area contributed by atoms with E-state index in [9.17, 15) is 0 Å². The Balaban J connectivity index is 1.58. The summed E-state index contributed by atoms with van der Waals surface area (Å²) in [7, 11) is 1.72. The van der Waals surface area contributed by atoms with E-state index < -0.39 is 0 Å². The highest BCUT2D eigenvalue weighted by Crippen LogP contribution is 2.46. The summed E-state index contributed by atoms with van der Waals surface area (Å²) < 4.78 is 10.8. The van der Waals surface area contributed by atoms with Crippen LogP contribution < -0.4 is 4.74 Å². The SMILES string of the molecule is COc1ccc(-c2cc3cc4sc5ccccc5c4cc3c3c2ccc2c4ccccc4sc23)cc1. The van der Waals surface area contributed by atoms with Crippen LogP contribution in [0.3, 0.4) is 0 Å². The van der Waals surface area contributed by atoms with Crippen molar-refractivity contribution in [3.05, 3.63) is 103 Å². The third kappa shape index (κ3) is 2.81. The number of ether oxygens (including phenoxy) is 1. The van der Waals surface area contributed by atoms with E-state index in [2.05, 4.69) is 103 Å². The number of fused-ring (bicyclic) bond motifs is 10. The molecule has 0 spiro atoms. The molecule has 2 heterocycles. The monoisotopic (exact) mass is 496 g/mol. The first-order valence-electron chi connectivity index (χ1n) is 12.0. The fraction of sp³-hybridized carbons (Fsp3) is 0.0303. The van der Waals surface area contributed by atoms with E-state index in [-0.39, 0.29) is 0 Å². The van der Waals surface area contributed by atoms with Crippen LogP contribution in [-0.2, 0) is 0 Å². The fourth-order valence-electron chi connectivity index (χ4n) is 5.65. The average molecular weight is 497 g/mol. The van der Waals surface area contributed by atoms with Gasteiger partial charge in [0.2, 0.25) is 0 Å². The molecule has 0 aliphatic carbocycles. The van der Waals surface area contributed by atoms with Crippen LogP contribution >= 0.6 is 22.7 Å². The zero-order valence-electron chi connectivity index (χ0n) is 19.5. The van der Waals surface area contributed by atoms with Crippen molar-refractivity contribution in [1.82, 2.24) is 0 Å². The van der Waals surface area contributed by atoms with Gasteiger partial charge in [-0.05, 0) is 69.8 Å². The normalized spacial score (nSPS) is 12.0. The van der Waals surface area contributed by atoms with E-state index in [4.69, 9.17) is 4.74 Å². The Morgan fingerprint density at radius 3 is 2.00 bits per heavy atom. The van der Waals surface area contributed by atoms with Gasteiger partial charge in [0.15, 0.2) is 0 Å². The van der Waals surface area contributed by atoms with Gasteiger partial charge in [-0.2, -0.15) is 0 Å². The van der Waals surface area contributed by atoms with Gasteiger partial charge in [0, 0.05) is 45.7 Å². The summed E-state index contributed by atoms with van der Waals surface area (Å²) in [6.07, 6.45) is 0. The van der Waals surface area contributed by atoms with Crippen LogP contribution in [0.2, 0.25) is 0 Å². The van der Waals surface area contributed by atoms with Gasteiger partial charge in [-0.25, -0.2) is 0 Å². The summed E-state index contributed by atoms with van der Waals surface area (Å²) in [5.41, 5.74) is 2.47. The number of benzene rings is 6. The van der Waals surface area contributed by atoms with Gasteiger partial charge in [-0.15, -0.1) is 22.7 Å². The van der Waals surface area contributed by atoms with Crippen molar-refractivity contribution in [2.45, 2.75) is 0 Å². The summed E-state index contributed by atoms with van der Waals surface area (Å²) in [4.78, 5) is 0. The molecule has 0 aliphatic rings. The minimum absolute atomic E-state index is 0.878. The fourth-order valence-corrected chi connectivity index (χ4v) is 8.05. The number of hydrogen-bond donors (Lipinski definition) is 0. The summed E-state index contributed by atoms with van der Waals surface area (Å²) in [6, 6.07) is 37.8. The van der Waals surface area contributed by atoms with Crippen LogP contribution in [0.25, 0.3) is 73.0 Å². The van der Waals surface area contributed by atoms with E-state index in [1.54, 1.807) is 7.11 Å². The molecule has 0 fully saturated rings. The van der Waals surface area contributed by atoms with E-state index in [0.29, 0.717) is 0 Å². The Hall–Kier alpha value is -3.92. The highest BCUT2D eigenvalue weighted by atomic mass is 32.1. The molecule has 2 aromatic heterocycles. The molecule has 8 aromatic rings. The minimum atomic E-state index is 0.878. The largest absolute Gasteiger partial charge is 0.497 e. The van der Waals surface area contributed by atoms with Crippen molar-refractivity contribution in [3.8, 4) is 16.9 Å². The predicted molar refractivity (Wildman–Crippen MR) is 159 cm³/mol. The first kappa shape index (κ1) is 20.3. The molecule has 0 radical (unpaired) electrons. The second-order valence-electron chi connectivity index (χ2n) is 9.28. The molecular formula is C33H20OS2. The molecule has 0 bridgehead atoms. The lowest BCUT2D eigenvalue weighted by molar-refractivity contribution is 0.415. The number of hydrogen-bond acceptors (Lipinski definition) is 3. The molecule has 170 valence electrons. The topological polar surface area (TPSA) is 9.23 Å². The Bertz CT molecular complexity index is 2130. The molecule has 36 heavy (non-hydrogen) atoms. The molecule has 0 saturated carbocycles. The third-order valence-electron chi connectivity index (χ3n) is 7.36. The molecule has 0 amide bonds. The van der Waals surface area contributed by atoms with Gasteiger partial charge in [-0.3, -0.25) is 0 Å². The second kappa shape index (κ2) is 7.54. The smallest absolute Gasteiger partial charge is 0.118 e. The number of rotatable bonds is 2. The van der Waals surface area contributed by atoms with Gasteiger partial charge in [0.25, 0.3) is 0 Å². The zero-order valence-corrected chi connectivity index (χ0v) is 21.2. The van der Waals surface area contributed by atoms with Crippen LogP contribution in [0.5, 0.6) is 5.75 Å². The van der Waals surface area contributed by atoms with Crippen LogP contribution in [0, 0.1) is 0 Å². The molecule has 8 rings (SSSR count). The first-order valence-corrected chi connectivity index (χ1v) is 13.7. The van der Waals surface area contributed by atoms with Crippen LogP contribution in [0.1, 0.15) is 0 Å². The second-order valence-corrected chi connectivity index (χ2v) is 11.4. The van der Waals surface area contributed by atoms with Crippen LogP contribution in [0.15, 0.2) is 103 Å². The lowest BCUT2D eigenvalue weighted by Gasteiger charge is -2.13. The summed E-state index contributed by atoms with van der Waals surface area (Å²) in [5, 5.41) is 10.6. The van der Waals surface area contributed by atoms with Crippen molar-refractivity contribution >= 4 is 84.6 Å². The Morgan fingerprint density at radius 1 is 0.528 bits per heavy atom. The predicted octanol–water partition coefficient (Wildman–Crippen LogP) is 10.4. The van der Waals surface area contributed by atoms with Gasteiger partial charge >= 0.3 is 0 Å². The molecule has 6 aromatic carbocycles. The summed E-state index contributed by atoms with van der Waals surface area (Å²) in [5.74, 6) is 0.878. The number of thiophene rings is 2.